The molecule has 0 spiro atoms. The van der Waals surface area contributed by atoms with Crippen LogP contribution in [0.4, 0.5) is 0 Å². The van der Waals surface area contributed by atoms with Crippen molar-refractivity contribution in [1.29, 1.82) is 0 Å². The van der Waals surface area contributed by atoms with Crippen molar-refractivity contribution in [2.45, 2.75) is 34.1 Å². The van der Waals surface area contributed by atoms with E-state index in [9.17, 15) is 4.79 Å². The monoisotopic (exact) mass is 172 g/mol. The third kappa shape index (κ3) is 4.88. The van der Waals surface area contributed by atoms with E-state index >= 15 is 0 Å². The number of carbonyl (C=O) groups is 1. The molecule has 1 unspecified atom stereocenters. The number of rotatable bonds is 3. The van der Waals surface area contributed by atoms with Crippen LogP contribution in [0, 0.1) is 5.92 Å². The summed E-state index contributed by atoms with van der Waals surface area (Å²) in [6.07, 6.45) is 0.815. The van der Waals surface area contributed by atoms with Gasteiger partial charge < -0.3 is 5.73 Å². The Morgan fingerprint density at radius 3 is 2.17 bits per heavy atom. The highest BCUT2D eigenvalue weighted by molar-refractivity contribution is 6.38. The molecule has 0 amide bonds. The average molecular weight is 172 g/mol. The molecule has 0 aliphatic heterocycles. The third-order valence-electron chi connectivity index (χ3n) is 1.55. The minimum absolute atomic E-state index is 0.00343. The van der Waals surface area contributed by atoms with E-state index in [0.29, 0.717) is 0 Å². The SMILES string of the molecule is CC.CCC(C)C(=O)C(N)=NC. The second-order valence-corrected chi connectivity index (χ2v) is 2.28. The molecule has 72 valence electrons. The van der Waals surface area contributed by atoms with Crippen LogP contribution < -0.4 is 5.73 Å². The summed E-state index contributed by atoms with van der Waals surface area (Å²) in [6.45, 7) is 7.80. The summed E-state index contributed by atoms with van der Waals surface area (Å²) in [6, 6.07) is 0. The summed E-state index contributed by atoms with van der Waals surface area (Å²) in [5.74, 6) is 0.0862. The van der Waals surface area contributed by atoms with Crippen molar-refractivity contribution in [2.75, 3.05) is 7.05 Å². The molecule has 1 atom stereocenters. The Morgan fingerprint density at radius 2 is 1.92 bits per heavy atom. The van der Waals surface area contributed by atoms with Gasteiger partial charge in [-0.25, -0.2) is 0 Å². The first kappa shape index (κ1) is 13.7. The molecule has 2 N–H and O–H groups in total. The maximum atomic E-state index is 11.0. The lowest BCUT2D eigenvalue weighted by Crippen LogP contribution is -2.28. The van der Waals surface area contributed by atoms with Gasteiger partial charge in [0.2, 0.25) is 0 Å². The lowest BCUT2D eigenvalue weighted by atomic mass is 10.0. The summed E-state index contributed by atoms with van der Waals surface area (Å²) in [5, 5.41) is 0. The second kappa shape index (κ2) is 8.24. The van der Waals surface area contributed by atoms with Crippen LogP contribution in [0.2, 0.25) is 0 Å². The van der Waals surface area contributed by atoms with E-state index in [1.54, 1.807) is 0 Å². The Bertz CT molecular complexity index is 153. The van der Waals surface area contributed by atoms with Crippen LogP contribution in [0.5, 0.6) is 0 Å². The Labute approximate surface area is 75.1 Å². The molecular formula is C9H20N2O. The van der Waals surface area contributed by atoms with E-state index in [-0.39, 0.29) is 17.5 Å². The summed E-state index contributed by atoms with van der Waals surface area (Å²) >= 11 is 0. The summed E-state index contributed by atoms with van der Waals surface area (Å²) < 4.78 is 0. The van der Waals surface area contributed by atoms with Crippen LogP contribution in [0.1, 0.15) is 34.1 Å². The van der Waals surface area contributed by atoms with E-state index in [2.05, 4.69) is 4.99 Å². The van der Waals surface area contributed by atoms with Crippen molar-refractivity contribution in [3.05, 3.63) is 0 Å². The second-order valence-electron chi connectivity index (χ2n) is 2.28. The van der Waals surface area contributed by atoms with E-state index < -0.39 is 0 Å². The molecule has 0 fully saturated rings. The van der Waals surface area contributed by atoms with Gasteiger partial charge in [0.15, 0.2) is 11.6 Å². The zero-order valence-corrected chi connectivity index (χ0v) is 8.72. The first-order valence-electron chi connectivity index (χ1n) is 4.40. The molecule has 0 saturated heterocycles. The summed E-state index contributed by atoms with van der Waals surface area (Å²) in [7, 11) is 1.52. The van der Waals surface area contributed by atoms with Gasteiger partial charge in [-0.15, -0.1) is 0 Å². The van der Waals surface area contributed by atoms with Crippen LogP contribution in [0.15, 0.2) is 4.99 Å². The Kier molecular flexibility index (Phi) is 9.41. The zero-order chi connectivity index (χ0) is 10.1. The number of ketones is 1. The smallest absolute Gasteiger partial charge is 0.199 e. The van der Waals surface area contributed by atoms with Crippen LogP contribution in [0.25, 0.3) is 0 Å². The van der Waals surface area contributed by atoms with Crippen LogP contribution in [-0.4, -0.2) is 18.7 Å². The van der Waals surface area contributed by atoms with Gasteiger partial charge in [0.1, 0.15) is 0 Å². The van der Waals surface area contributed by atoms with Crippen LogP contribution in [-0.2, 0) is 4.79 Å². The fourth-order valence-electron chi connectivity index (χ4n) is 0.548. The van der Waals surface area contributed by atoms with Crippen molar-refractivity contribution in [2.24, 2.45) is 16.6 Å². The topological polar surface area (TPSA) is 55.5 Å². The maximum Gasteiger partial charge on any atom is 0.199 e. The molecule has 0 aromatic carbocycles. The molecule has 0 saturated carbocycles. The predicted molar refractivity (Wildman–Crippen MR) is 53.4 cm³/mol. The Balaban J connectivity index is 0. The molecule has 0 radical (unpaired) electrons. The van der Waals surface area contributed by atoms with Crippen molar-refractivity contribution >= 4 is 11.6 Å². The largest absolute Gasteiger partial charge is 0.381 e. The fraction of sp³-hybridized carbons (Fsp3) is 0.778. The molecule has 0 heterocycles. The molecule has 0 aromatic heterocycles. The highest BCUT2D eigenvalue weighted by Gasteiger charge is 2.13. The molecule has 0 aromatic rings. The molecule has 0 aliphatic rings. The Hall–Kier alpha value is -0.860. The van der Waals surface area contributed by atoms with Crippen LogP contribution >= 0.6 is 0 Å². The highest BCUT2D eigenvalue weighted by atomic mass is 16.1. The highest BCUT2D eigenvalue weighted by Crippen LogP contribution is 2.01. The standard InChI is InChI=1S/C7H14N2O.C2H6/c1-4-5(2)6(10)7(8)9-3;1-2/h5H,4H2,1-3H3,(H2,8,9);1-2H3. The molecule has 3 nitrogen and oxygen atoms in total. The predicted octanol–water partition coefficient (Wildman–Crippen LogP) is 1.61. The number of carbonyl (C=O) groups excluding carboxylic acids is 1. The van der Waals surface area contributed by atoms with Crippen molar-refractivity contribution in [3.8, 4) is 0 Å². The quantitative estimate of drug-likeness (QED) is 0.519. The maximum absolute atomic E-state index is 11.0. The molecule has 12 heavy (non-hydrogen) atoms. The van der Waals surface area contributed by atoms with Gasteiger partial charge >= 0.3 is 0 Å². The van der Waals surface area contributed by atoms with Crippen molar-refractivity contribution in [1.82, 2.24) is 0 Å². The van der Waals surface area contributed by atoms with Crippen LogP contribution in [0.3, 0.4) is 0 Å². The number of aliphatic imine (C=N–C) groups is 1. The minimum atomic E-state index is -0.0509. The van der Waals surface area contributed by atoms with Gasteiger partial charge in [0.25, 0.3) is 0 Å². The van der Waals surface area contributed by atoms with Gasteiger partial charge in [-0.1, -0.05) is 27.7 Å². The fourth-order valence-corrected chi connectivity index (χ4v) is 0.548. The number of hydrogen-bond acceptors (Lipinski definition) is 2. The molecule has 0 rings (SSSR count). The number of nitrogens with two attached hydrogens (primary N) is 1. The average Bonchev–Trinajstić information content (AvgIpc) is 2.17. The first-order valence-corrected chi connectivity index (χ1v) is 4.40. The molecular weight excluding hydrogens is 152 g/mol. The third-order valence-corrected chi connectivity index (χ3v) is 1.55. The van der Waals surface area contributed by atoms with E-state index in [4.69, 9.17) is 5.73 Å². The minimum Gasteiger partial charge on any atom is -0.381 e. The molecule has 0 bridgehead atoms. The molecule has 3 heteroatoms. The van der Waals surface area contributed by atoms with E-state index in [0.717, 1.165) is 6.42 Å². The number of nitrogens with zero attached hydrogens (tertiary/aromatic N) is 1. The first-order chi connectivity index (χ1) is 5.63. The van der Waals surface area contributed by atoms with Gasteiger partial charge in [0.05, 0.1) is 0 Å². The number of Topliss-reactive ketones (excluding diaryl/α,β-unsaturated/α-hetero) is 1. The lowest BCUT2D eigenvalue weighted by Gasteiger charge is -2.04. The zero-order valence-electron chi connectivity index (χ0n) is 8.72. The van der Waals surface area contributed by atoms with E-state index in [1.807, 2.05) is 27.7 Å². The van der Waals surface area contributed by atoms with Gasteiger partial charge in [0, 0.05) is 13.0 Å². The lowest BCUT2D eigenvalue weighted by molar-refractivity contribution is -0.116. The number of amidine groups is 1. The van der Waals surface area contributed by atoms with Gasteiger partial charge in [-0.3, -0.25) is 9.79 Å². The summed E-state index contributed by atoms with van der Waals surface area (Å²) in [5.41, 5.74) is 5.29. The normalized spacial score (nSPS) is 12.9. The van der Waals surface area contributed by atoms with Gasteiger partial charge in [-0.2, -0.15) is 0 Å². The molecule has 0 aliphatic carbocycles. The van der Waals surface area contributed by atoms with Crippen molar-refractivity contribution in [3.63, 3.8) is 0 Å². The summed E-state index contributed by atoms with van der Waals surface area (Å²) in [4.78, 5) is 14.7. The van der Waals surface area contributed by atoms with Crippen molar-refractivity contribution < 1.29 is 4.79 Å². The van der Waals surface area contributed by atoms with E-state index in [1.165, 1.54) is 7.05 Å². The van der Waals surface area contributed by atoms with Gasteiger partial charge in [-0.05, 0) is 6.42 Å². The number of hydrogen-bond donors (Lipinski definition) is 1. The Morgan fingerprint density at radius 1 is 1.50 bits per heavy atom.